The van der Waals surface area contributed by atoms with Crippen LogP contribution < -0.4 is 0 Å². The molecule has 0 radical (unpaired) electrons. The van der Waals surface area contributed by atoms with Crippen molar-refractivity contribution >= 4 is 20.3 Å². The molecule has 0 saturated heterocycles. The van der Waals surface area contributed by atoms with Crippen LogP contribution in [0.5, 0.6) is 0 Å². The molecule has 3 atom stereocenters. The first-order chi connectivity index (χ1) is 21.8. The Hall–Kier alpha value is -2.70. The Bertz CT molecular complexity index is 1260. The minimum absolute atomic E-state index is 0.0543. The molecule has 0 fully saturated rings. The number of benzene rings is 2. The Balaban J connectivity index is 1.60. The van der Waals surface area contributed by atoms with Crippen LogP contribution in [0.4, 0.5) is 0 Å². The third-order valence-electron chi connectivity index (χ3n) is 10.3. The molecule has 1 unspecified atom stereocenters. The summed E-state index contributed by atoms with van der Waals surface area (Å²) in [6.07, 6.45) is 15.7. The maximum atomic E-state index is 13.3. The van der Waals surface area contributed by atoms with E-state index in [1.165, 1.54) is 44.1 Å². The van der Waals surface area contributed by atoms with Crippen molar-refractivity contribution < 1.29 is 23.9 Å². The SMILES string of the molecule is CCCCCCCCC1=CC[C@H](OC(=O)c2ccc(-c3ccccc3)cc2)[C@@H]1CCCCCC(C)(O[Si](C)(C)C(C)(C)C)C(=O)O. The number of carboxylic acids is 1. The number of carbonyl (C=O) groups is 2. The van der Waals surface area contributed by atoms with Crippen LogP contribution in [0.25, 0.3) is 11.1 Å². The quantitative estimate of drug-likeness (QED) is 0.0710. The monoisotopic (exact) mass is 648 g/mol. The van der Waals surface area contributed by atoms with Gasteiger partial charge in [-0.05, 0) is 74.0 Å². The zero-order valence-corrected chi connectivity index (χ0v) is 30.7. The molecule has 1 N–H and O–H groups in total. The number of carboxylic acid groups (broad SMARTS) is 1. The molecule has 0 bridgehead atoms. The third kappa shape index (κ3) is 10.9. The first-order valence-electron chi connectivity index (χ1n) is 17.8. The summed E-state index contributed by atoms with van der Waals surface area (Å²) in [5.41, 5.74) is 3.04. The predicted octanol–water partition coefficient (Wildman–Crippen LogP) is 11.4. The van der Waals surface area contributed by atoms with E-state index in [2.05, 4.69) is 59.0 Å². The Kier molecular flexibility index (Phi) is 14.3. The average molecular weight is 649 g/mol. The highest BCUT2D eigenvalue weighted by atomic mass is 28.4. The first kappa shape index (κ1) is 37.8. The molecule has 1 aliphatic rings. The molecule has 0 saturated carbocycles. The lowest BCUT2D eigenvalue weighted by Gasteiger charge is -2.42. The maximum Gasteiger partial charge on any atom is 0.338 e. The first-order valence-corrected chi connectivity index (χ1v) is 20.7. The molecule has 46 heavy (non-hydrogen) atoms. The van der Waals surface area contributed by atoms with Gasteiger partial charge in [-0.15, -0.1) is 0 Å². The molecular weight excluding hydrogens is 589 g/mol. The second-order valence-electron chi connectivity index (χ2n) is 15.0. The van der Waals surface area contributed by atoms with Crippen molar-refractivity contribution in [3.05, 3.63) is 71.8 Å². The van der Waals surface area contributed by atoms with Crippen molar-refractivity contribution in [3.8, 4) is 11.1 Å². The highest BCUT2D eigenvalue weighted by Gasteiger charge is 2.46. The van der Waals surface area contributed by atoms with Gasteiger partial charge in [-0.2, -0.15) is 0 Å². The lowest BCUT2D eigenvalue weighted by molar-refractivity contribution is -0.155. The molecule has 254 valence electrons. The number of unbranched alkanes of at least 4 members (excludes halogenated alkanes) is 7. The lowest BCUT2D eigenvalue weighted by Crippen LogP contribution is -2.52. The number of carbonyl (C=O) groups excluding carboxylic acids is 1. The van der Waals surface area contributed by atoms with Gasteiger partial charge in [0, 0.05) is 12.3 Å². The van der Waals surface area contributed by atoms with E-state index in [1.807, 2.05) is 42.5 Å². The zero-order chi connectivity index (χ0) is 33.8. The van der Waals surface area contributed by atoms with Crippen molar-refractivity contribution in [1.29, 1.82) is 0 Å². The van der Waals surface area contributed by atoms with Crippen LogP contribution >= 0.6 is 0 Å². The summed E-state index contributed by atoms with van der Waals surface area (Å²) in [4.78, 5) is 25.6. The maximum absolute atomic E-state index is 13.3. The topological polar surface area (TPSA) is 72.8 Å². The van der Waals surface area contributed by atoms with Gasteiger partial charge in [0.2, 0.25) is 0 Å². The molecule has 0 spiro atoms. The van der Waals surface area contributed by atoms with Gasteiger partial charge in [-0.25, -0.2) is 9.59 Å². The fourth-order valence-corrected chi connectivity index (χ4v) is 7.90. The van der Waals surface area contributed by atoms with E-state index in [0.29, 0.717) is 12.0 Å². The molecule has 2 aromatic carbocycles. The van der Waals surface area contributed by atoms with Crippen molar-refractivity contribution in [2.24, 2.45) is 5.92 Å². The second-order valence-corrected chi connectivity index (χ2v) is 19.7. The number of hydrogen-bond donors (Lipinski definition) is 1. The van der Waals surface area contributed by atoms with Crippen molar-refractivity contribution in [3.63, 3.8) is 0 Å². The van der Waals surface area contributed by atoms with Crippen LogP contribution in [0, 0.1) is 5.92 Å². The number of hydrogen-bond acceptors (Lipinski definition) is 4. The number of ether oxygens (including phenoxy) is 1. The van der Waals surface area contributed by atoms with Gasteiger partial charge in [0.15, 0.2) is 13.9 Å². The second kappa shape index (κ2) is 17.4. The van der Waals surface area contributed by atoms with Crippen LogP contribution in [-0.4, -0.2) is 37.1 Å². The van der Waals surface area contributed by atoms with Crippen LogP contribution in [-0.2, 0) is 14.0 Å². The Morgan fingerprint density at radius 3 is 2.07 bits per heavy atom. The standard InChI is InChI=1S/C40H60O5Si/c1-8-9-10-11-12-15-22-33-28-29-36(44-37(41)34-26-24-32(25-27-34)31-20-16-13-17-21-31)35(33)23-18-14-19-30-40(5,38(42)43)45-46(6,7)39(2,3)4/h13,16-17,20-21,24-28,35-36H,8-12,14-15,18-19,22-23,29-30H2,1-7H3,(H,42,43)/t35-,36+,40?/m1/s1. The number of esters is 1. The Morgan fingerprint density at radius 1 is 0.826 bits per heavy atom. The summed E-state index contributed by atoms with van der Waals surface area (Å²) in [5.74, 6) is -0.914. The summed E-state index contributed by atoms with van der Waals surface area (Å²) in [6.45, 7) is 14.6. The molecule has 5 nitrogen and oxygen atoms in total. The van der Waals surface area contributed by atoms with E-state index in [4.69, 9.17) is 9.16 Å². The summed E-state index contributed by atoms with van der Waals surface area (Å²) >= 11 is 0. The molecule has 0 amide bonds. The summed E-state index contributed by atoms with van der Waals surface area (Å²) in [7, 11) is -2.24. The minimum atomic E-state index is -2.24. The lowest BCUT2D eigenvalue weighted by atomic mass is 9.88. The normalized spacial score (nSPS) is 18.2. The third-order valence-corrected chi connectivity index (χ3v) is 14.8. The van der Waals surface area contributed by atoms with Crippen LogP contribution in [0.15, 0.2) is 66.2 Å². The van der Waals surface area contributed by atoms with Crippen LogP contribution in [0.1, 0.15) is 128 Å². The van der Waals surface area contributed by atoms with Gasteiger partial charge < -0.3 is 14.3 Å². The van der Waals surface area contributed by atoms with Gasteiger partial charge in [0.05, 0.1) is 5.56 Å². The fourth-order valence-electron chi connectivity index (χ4n) is 6.28. The summed E-state index contributed by atoms with van der Waals surface area (Å²) in [5, 5.41) is 10.0. The van der Waals surface area contributed by atoms with E-state index in [-0.39, 0.29) is 23.0 Å². The van der Waals surface area contributed by atoms with Gasteiger partial charge in [-0.3, -0.25) is 0 Å². The minimum Gasteiger partial charge on any atom is -0.479 e. The van der Waals surface area contributed by atoms with Crippen molar-refractivity contribution in [1.82, 2.24) is 0 Å². The highest BCUT2D eigenvalue weighted by Crippen LogP contribution is 2.41. The van der Waals surface area contributed by atoms with Gasteiger partial charge in [0.25, 0.3) is 0 Å². The van der Waals surface area contributed by atoms with E-state index < -0.39 is 19.9 Å². The van der Waals surface area contributed by atoms with Gasteiger partial charge in [0.1, 0.15) is 6.10 Å². The number of aliphatic carboxylic acids is 1. The van der Waals surface area contributed by atoms with Crippen LogP contribution in [0.2, 0.25) is 18.1 Å². The Morgan fingerprint density at radius 2 is 1.43 bits per heavy atom. The van der Waals surface area contributed by atoms with Gasteiger partial charge >= 0.3 is 11.9 Å². The van der Waals surface area contributed by atoms with E-state index in [0.717, 1.165) is 49.7 Å². The predicted molar refractivity (Wildman–Crippen MR) is 193 cm³/mol. The molecule has 2 aromatic rings. The molecule has 6 heteroatoms. The molecular formula is C40H60O5Si. The van der Waals surface area contributed by atoms with E-state index in [9.17, 15) is 14.7 Å². The molecule has 3 rings (SSSR count). The smallest absolute Gasteiger partial charge is 0.338 e. The largest absolute Gasteiger partial charge is 0.479 e. The summed E-state index contributed by atoms with van der Waals surface area (Å²) in [6, 6.07) is 17.9. The molecule has 0 aromatic heterocycles. The summed E-state index contributed by atoms with van der Waals surface area (Å²) < 4.78 is 12.6. The molecule has 0 aliphatic heterocycles. The average Bonchev–Trinajstić information content (AvgIpc) is 3.38. The highest BCUT2D eigenvalue weighted by molar-refractivity contribution is 6.74. The van der Waals surface area contributed by atoms with Crippen LogP contribution in [0.3, 0.4) is 0 Å². The van der Waals surface area contributed by atoms with Gasteiger partial charge in [-0.1, -0.05) is 133 Å². The zero-order valence-electron chi connectivity index (χ0n) is 29.7. The molecule has 1 aliphatic carbocycles. The Labute approximate surface area is 280 Å². The van der Waals surface area contributed by atoms with Crippen molar-refractivity contribution in [2.45, 2.75) is 148 Å². The fraction of sp³-hybridized carbons (Fsp3) is 0.600. The van der Waals surface area contributed by atoms with E-state index >= 15 is 0 Å². The molecule has 0 heterocycles. The van der Waals surface area contributed by atoms with Crippen molar-refractivity contribution in [2.75, 3.05) is 0 Å². The number of rotatable bonds is 19. The van der Waals surface area contributed by atoms with E-state index in [1.54, 1.807) is 6.92 Å².